The molecule has 2 rings (SSSR count). The minimum absolute atomic E-state index is 0.192. The highest BCUT2D eigenvalue weighted by atomic mass is 32.1. The molecular formula is C15H18N2O2S. The van der Waals surface area contributed by atoms with Crippen LogP contribution in [0.3, 0.4) is 0 Å². The minimum Gasteiger partial charge on any atom is -0.478 e. The van der Waals surface area contributed by atoms with Gasteiger partial charge in [0.25, 0.3) is 0 Å². The van der Waals surface area contributed by atoms with Crippen LogP contribution in [0.25, 0.3) is 0 Å². The average molecular weight is 290 g/mol. The Morgan fingerprint density at radius 1 is 1.40 bits per heavy atom. The van der Waals surface area contributed by atoms with Crippen molar-refractivity contribution in [2.75, 3.05) is 5.32 Å². The van der Waals surface area contributed by atoms with Crippen molar-refractivity contribution in [3.8, 4) is 0 Å². The molecule has 2 N–H and O–H groups in total. The molecule has 0 unspecified atom stereocenters. The van der Waals surface area contributed by atoms with Gasteiger partial charge >= 0.3 is 5.97 Å². The van der Waals surface area contributed by atoms with Crippen molar-refractivity contribution in [1.29, 1.82) is 0 Å². The average Bonchev–Trinajstić information content (AvgIpc) is 2.81. The molecule has 0 atom stereocenters. The van der Waals surface area contributed by atoms with Gasteiger partial charge in [0.2, 0.25) is 0 Å². The van der Waals surface area contributed by atoms with Crippen LogP contribution in [0.15, 0.2) is 22.9 Å². The Bertz CT molecular complexity index is 620. The van der Waals surface area contributed by atoms with Crippen LogP contribution in [-0.4, -0.2) is 16.1 Å². The maximum absolute atomic E-state index is 11.2. The number of pyridine rings is 1. The Kier molecular flexibility index (Phi) is 4.39. The molecule has 0 aromatic carbocycles. The number of carboxylic acids is 1. The summed E-state index contributed by atoms with van der Waals surface area (Å²) in [5, 5.41) is 16.6. The van der Waals surface area contributed by atoms with Crippen molar-refractivity contribution in [1.82, 2.24) is 4.98 Å². The zero-order chi connectivity index (χ0) is 14.7. The summed E-state index contributed by atoms with van der Waals surface area (Å²) in [7, 11) is 0. The number of anilines is 1. The maximum Gasteiger partial charge on any atom is 0.335 e. The third-order valence-corrected chi connectivity index (χ3v) is 4.02. The molecule has 5 heteroatoms. The van der Waals surface area contributed by atoms with Gasteiger partial charge in [0.1, 0.15) is 5.82 Å². The summed E-state index contributed by atoms with van der Waals surface area (Å²) in [5.41, 5.74) is 3.51. The van der Waals surface area contributed by atoms with Crippen LogP contribution in [0, 0.1) is 6.92 Å². The van der Waals surface area contributed by atoms with E-state index >= 15 is 0 Å². The first-order valence-corrected chi connectivity index (χ1v) is 7.42. The first-order chi connectivity index (χ1) is 9.47. The molecular weight excluding hydrogens is 272 g/mol. The molecule has 106 valence electrons. The van der Waals surface area contributed by atoms with E-state index in [2.05, 4.69) is 28.0 Å². The second-order valence-electron chi connectivity index (χ2n) is 5.06. The van der Waals surface area contributed by atoms with Crippen LogP contribution >= 0.6 is 11.3 Å². The normalized spacial score (nSPS) is 10.8. The number of hydrogen-bond donors (Lipinski definition) is 2. The van der Waals surface area contributed by atoms with E-state index in [-0.39, 0.29) is 11.5 Å². The summed E-state index contributed by atoms with van der Waals surface area (Å²) < 4.78 is 0. The van der Waals surface area contributed by atoms with E-state index in [0.29, 0.717) is 12.4 Å². The number of aromatic nitrogens is 1. The van der Waals surface area contributed by atoms with Gasteiger partial charge < -0.3 is 10.4 Å². The highest BCUT2D eigenvalue weighted by Crippen LogP contribution is 2.19. The molecule has 20 heavy (non-hydrogen) atoms. The van der Waals surface area contributed by atoms with Gasteiger partial charge in [-0.15, -0.1) is 0 Å². The number of rotatable bonds is 5. The molecule has 0 aliphatic rings. The smallest absolute Gasteiger partial charge is 0.335 e. The highest BCUT2D eigenvalue weighted by Gasteiger charge is 2.11. The van der Waals surface area contributed by atoms with E-state index in [1.165, 1.54) is 11.1 Å². The van der Waals surface area contributed by atoms with Gasteiger partial charge in [0, 0.05) is 12.2 Å². The lowest BCUT2D eigenvalue weighted by molar-refractivity contribution is 0.0696. The number of nitrogens with one attached hydrogen (secondary N) is 1. The third-order valence-electron chi connectivity index (χ3n) is 3.11. The lowest BCUT2D eigenvalue weighted by Gasteiger charge is -2.11. The summed E-state index contributed by atoms with van der Waals surface area (Å²) in [6, 6.07) is 3.21. The number of aromatic carboxylic acids is 1. The highest BCUT2D eigenvalue weighted by molar-refractivity contribution is 7.08. The van der Waals surface area contributed by atoms with E-state index in [0.717, 1.165) is 5.69 Å². The summed E-state index contributed by atoms with van der Waals surface area (Å²) in [4.78, 5) is 15.6. The fourth-order valence-corrected chi connectivity index (χ4v) is 2.67. The Morgan fingerprint density at radius 3 is 2.70 bits per heavy atom. The molecule has 0 aliphatic carbocycles. The van der Waals surface area contributed by atoms with Crippen LogP contribution in [-0.2, 0) is 6.54 Å². The van der Waals surface area contributed by atoms with Gasteiger partial charge in [-0.25, -0.2) is 9.78 Å². The van der Waals surface area contributed by atoms with E-state index in [1.807, 2.05) is 13.8 Å². The van der Waals surface area contributed by atoms with Crippen LogP contribution in [0.2, 0.25) is 0 Å². The lowest BCUT2D eigenvalue weighted by Crippen LogP contribution is -2.07. The molecule has 0 spiro atoms. The lowest BCUT2D eigenvalue weighted by atomic mass is 10.1. The zero-order valence-corrected chi connectivity index (χ0v) is 12.6. The largest absolute Gasteiger partial charge is 0.478 e. The van der Waals surface area contributed by atoms with Crippen molar-refractivity contribution in [2.45, 2.75) is 33.2 Å². The Labute approximate surface area is 122 Å². The van der Waals surface area contributed by atoms with Crippen molar-refractivity contribution in [3.63, 3.8) is 0 Å². The molecule has 2 heterocycles. The monoisotopic (exact) mass is 290 g/mol. The quantitative estimate of drug-likeness (QED) is 0.877. The van der Waals surface area contributed by atoms with Crippen LogP contribution in [0.4, 0.5) is 5.82 Å². The second-order valence-corrected chi connectivity index (χ2v) is 5.80. The first-order valence-electron chi connectivity index (χ1n) is 6.48. The third kappa shape index (κ3) is 3.36. The summed E-state index contributed by atoms with van der Waals surface area (Å²) in [6.07, 6.45) is 0. The van der Waals surface area contributed by atoms with Crippen LogP contribution in [0.5, 0.6) is 0 Å². The molecule has 0 aliphatic heterocycles. The molecule has 2 aromatic heterocycles. The molecule has 0 radical (unpaired) electrons. The number of aryl methyl sites for hydroxylation is 1. The summed E-state index contributed by atoms with van der Waals surface area (Å²) >= 11 is 1.66. The molecule has 2 aromatic rings. The topological polar surface area (TPSA) is 62.2 Å². The minimum atomic E-state index is -0.927. The predicted molar refractivity (Wildman–Crippen MR) is 81.7 cm³/mol. The molecule has 0 amide bonds. The van der Waals surface area contributed by atoms with E-state index in [9.17, 15) is 4.79 Å². The van der Waals surface area contributed by atoms with Crippen molar-refractivity contribution >= 4 is 23.1 Å². The number of thiophene rings is 1. The standard InChI is InChI=1S/C15H18N2O2S/c1-9(2)13-4-11(15(18)19)5-14(17-13)16-6-12-8-20-7-10(12)3/h4-5,7-9H,6H2,1-3H3,(H,16,17)(H,18,19). The SMILES string of the molecule is Cc1cscc1CNc1cc(C(=O)O)cc(C(C)C)n1. The Hall–Kier alpha value is -1.88. The first kappa shape index (κ1) is 14.5. The molecule has 4 nitrogen and oxygen atoms in total. The number of hydrogen-bond acceptors (Lipinski definition) is 4. The summed E-state index contributed by atoms with van der Waals surface area (Å²) in [6.45, 7) is 6.72. The fraction of sp³-hybridized carbons (Fsp3) is 0.333. The van der Waals surface area contributed by atoms with Crippen LogP contribution < -0.4 is 5.32 Å². The Morgan fingerprint density at radius 2 is 2.15 bits per heavy atom. The van der Waals surface area contributed by atoms with Crippen molar-refractivity contribution in [2.24, 2.45) is 0 Å². The zero-order valence-electron chi connectivity index (χ0n) is 11.8. The van der Waals surface area contributed by atoms with E-state index in [4.69, 9.17) is 5.11 Å². The second kappa shape index (κ2) is 6.05. The van der Waals surface area contributed by atoms with Gasteiger partial charge in [-0.1, -0.05) is 13.8 Å². The molecule has 0 saturated heterocycles. The summed E-state index contributed by atoms with van der Waals surface area (Å²) in [5.74, 6) is -0.124. The van der Waals surface area contributed by atoms with Gasteiger partial charge in [-0.3, -0.25) is 0 Å². The van der Waals surface area contributed by atoms with Crippen LogP contribution in [0.1, 0.15) is 46.9 Å². The van der Waals surface area contributed by atoms with Gasteiger partial charge in [0.15, 0.2) is 0 Å². The fourth-order valence-electron chi connectivity index (χ4n) is 1.82. The number of nitrogens with zero attached hydrogens (tertiary/aromatic N) is 1. The Balaban J connectivity index is 2.22. The van der Waals surface area contributed by atoms with E-state index < -0.39 is 5.97 Å². The molecule has 0 bridgehead atoms. The van der Waals surface area contributed by atoms with Crippen molar-refractivity contribution < 1.29 is 9.90 Å². The van der Waals surface area contributed by atoms with Gasteiger partial charge in [-0.2, -0.15) is 11.3 Å². The van der Waals surface area contributed by atoms with Gasteiger partial charge in [-0.05, 0) is 46.9 Å². The number of carbonyl (C=O) groups is 1. The number of carboxylic acid groups (broad SMARTS) is 1. The van der Waals surface area contributed by atoms with Crippen molar-refractivity contribution in [3.05, 3.63) is 45.3 Å². The van der Waals surface area contributed by atoms with Gasteiger partial charge in [0.05, 0.1) is 5.56 Å². The maximum atomic E-state index is 11.2. The van der Waals surface area contributed by atoms with E-state index in [1.54, 1.807) is 23.5 Å². The molecule has 0 fully saturated rings. The molecule has 0 saturated carbocycles. The predicted octanol–water partition coefficient (Wildman–Crippen LogP) is 3.89.